The second-order valence-electron chi connectivity index (χ2n) is 10.1. The van der Waals surface area contributed by atoms with Gasteiger partial charge in [0.1, 0.15) is 12.4 Å². The van der Waals surface area contributed by atoms with Crippen LogP contribution in [-0.2, 0) is 30.8 Å². The maximum atomic E-state index is 13.0. The molecule has 0 atom stereocenters. The van der Waals surface area contributed by atoms with Crippen LogP contribution in [0.25, 0.3) is 0 Å². The van der Waals surface area contributed by atoms with Gasteiger partial charge in [0.15, 0.2) is 11.3 Å². The first kappa shape index (κ1) is 33.7. The molecule has 2 N–H and O–H groups in total. The first-order valence-electron chi connectivity index (χ1n) is 14.2. The van der Waals surface area contributed by atoms with Crippen LogP contribution in [0.15, 0.2) is 72.8 Å². The Hall–Kier alpha value is -6.15. The van der Waals surface area contributed by atoms with Crippen LogP contribution in [-0.4, -0.2) is 38.0 Å². The minimum absolute atomic E-state index is 0.134. The van der Waals surface area contributed by atoms with Gasteiger partial charge in [0, 0.05) is 12.1 Å². The standard InChI is InChI=1S/C33H28N2O12/c1-3-21-16-19(11-13-28(21)46-33(40)30-24(32(38)39)8-6-10-27(30)35(43)44)15-20-12-14-29(22(4-2)17-20)47-45-18-25-23(31(36)37)7-5-9-26(25)34(41)42/h5-14,16-17H,3-4,15,18H2,1-2H3,(H,36,37)(H,38,39). The van der Waals surface area contributed by atoms with E-state index in [0.29, 0.717) is 30.6 Å². The number of aryl methyl sites for hydroxylation is 2. The molecule has 0 aliphatic heterocycles. The van der Waals surface area contributed by atoms with Crippen LogP contribution in [0, 0.1) is 20.2 Å². The van der Waals surface area contributed by atoms with E-state index < -0.39 is 56.9 Å². The Morgan fingerprint density at radius 1 is 0.723 bits per heavy atom. The summed E-state index contributed by atoms with van der Waals surface area (Å²) in [6.45, 7) is 3.24. The van der Waals surface area contributed by atoms with Crippen LogP contribution in [0.2, 0.25) is 0 Å². The minimum atomic E-state index is -1.51. The largest absolute Gasteiger partial charge is 0.478 e. The van der Waals surface area contributed by atoms with Gasteiger partial charge in [0.25, 0.3) is 11.4 Å². The first-order chi connectivity index (χ1) is 22.4. The zero-order valence-electron chi connectivity index (χ0n) is 25.1. The molecular weight excluding hydrogens is 616 g/mol. The summed E-state index contributed by atoms with van der Waals surface area (Å²) < 4.78 is 5.46. The lowest BCUT2D eigenvalue weighted by molar-refractivity contribution is -0.386. The molecule has 0 amide bonds. The lowest BCUT2D eigenvalue weighted by Gasteiger charge is -2.14. The van der Waals surface area contributed by atoms with Crippen molar-refractivity contribution in [2.45, 2.75) is 39.7 Å². The summed E-state index contributed by atoms with van der Waals surface area (Å²) in [6.07, 6.45) is 1.44. The van der Waals surface area contributed by atoms with Gasteiger partial charge in [-0.15, -0.1) is 0 Å². The van der Waals surface area contributed by atoms with Crippen molar-refractivity contribution in [3.05, 3.63) is 138 Å². The Kier molecular flexibility index (Phi) is 10.6. The average Bonchev–Trinajstić information content (AvgIpc) is 3.05. The predicted molar refractivity (Wildman–Crippen MR) is 165 cm³/mol. The monoisotopic (exact) mass is 644 g/mol. The van der Waals surface area contributed by atoms with Gasteiger partial charge in [-0.05, 0) is 65.8 Å². The predicted octanol–water partition coefficient (Wildman–Crippen LogP) is 6.34. The quantitative estimate of drug-likeness (QED) is 0.0507. The maximum absolute atomic E-state index is 13.0. The fourth-order valence-corrected chi connectivity index (χ4v) is 4.94. The van der Waals surface area contributed by atoms with Gasteiger partial charge in [-0.2, -0.15) is 4.89 Å². The lowest BCUT2D eigenvalue weighted by Crippen LogP contribution is -2.17. The van der Waals surface area contributed by atoms with E-state index in [1.807, 2.05) is 26.0 Å². The topological polar surface area (TPSA) is 206 Å². The van der Waals surface area contributed by atoms with Crippen molar-refractivity contribution in [2.75, 3.05) is 0 Å². The number of benzene rings is 4. The molecule has 0 saturated carbocycles. The van der Waals surface area contributed by atoms with Gasteiger partial charge in [0.2, 0.25) is 0 Å². The van der Waals surface area contributed by atoms with Gasteiger partial charge in [-0.25, -0.2) is 14.4 Å². The molecule has 0 fully saturated rings. The Morgan fingerprint density at radius 2 is 1.26 bits per heavy atom. The zero-order chi connectivity index (χ0) is 34.2. The number of esters is 1. The van der Waals surface area contributed by atoms with Crippen molar-refractivity contribution in [1.29, 1.82) is 0 Å². The van der Waals surface area contributed by atoms with Gasteiger partial charge < -0.3 is 19.8 Å². The van der Waals surface area contributed by atoms with E-state index in [1.165, 1.54) is 24.3 Å². The Morgan fingerprint density at radius 3 is 1.81 bits per heavy atom. The highest BCUT2D eigenvalue weighted by Crippen LogP contribution is 2.30. The number of nitrogens with zero attached hydrogens (tertiary/aromatic N) is 2. The third-order valence-electron chi connectivity index (χ3n) is 7.23. The molecule has 0 aliphatic carbocycles. The van der Waals surface area contributed by atoms with Crippen LogP contribution < -0.4 is 9.62 Å². The van der Waals surface area contributed by atoms with E-state index >= 15 is 0 Å². The smallest absolute Gasteiger partial charge is 0.351 e. The van der Waals surface area contributed by atoms with Gasteiger partial charge >= 0.3 is 17.9 Å². The van der Waals surface area contributed by atoms with Crippen LogP contribution in [0.5, 0.6) is 11.5 Å². The van der Waals surface area contributed by atoms with E-state index in [-0.39, 0.29) is 16.9 Å². The summed E-state index contributed by atoms with van der Waals surface area (Å²) in [7, 11) is 0. The minimum Gasteiger partial charge on any atom is -0.478 e. The van der Waals surface area contributed by atoms with Crippen LogP contribution >= 0.6 is 0 Å². The second-order valence-corrected chi connectivity index (χ2v) is 10.1. The van der Waals surface area contributed by atoms with Crippen LogP contribution in [0.3, 0.4) is 0 Å². The van der Waals surface area contributed by atoms with Crippen molar-refractivity contribution >= 4 is 29.3 Å². The molecule has 0 aliphatic rings. The lowest BCUT2D eigenvalue weighted by atomic mass is 9.99. The second kappa shape index (κ2) is 14.8. The number of ether oxygens (including phenoxy) is 1. The van der Waals surface area contributed by atoms with Crippen molar-refractivity contribution < 1.29 is 49.0 Å². The number of hydrogen-bond donors (Lipinski definition) is 2. The molecule has 4 aromatic carbocycles. The summed E-state index contributed by atoms with van der Waals surface area (Å²) >= 11 is 0. The Balaban J connectivity index is 1.50. The number of rotatable bonds is 14. The molecule has 0 spiro atoms. The number of nitro groups is 2. The molecule has 0 bridgehead atoms. The molecule has 14 nitrogen and oxygen atoms in total. The Bertz CT molecular complexity index is 1820. The third kappa shape index (κ3) is 7.75. The number of aromatic carboxylic acids is 2. The van der Waals surface area contributed by atoms with E-state index in [1.54, 1.807) is 24.3 Å². The molecule has 14 heteroatoms. The molecular formula is C33H28N2O12. The number of hydrogen-bond acceptors (Lipinski definition) is 10. The Labute approximate surface area is 267 Å². The van der Waals surface area contributed by atoms with E-state index in [4.69, 9.17) is 14.5 Å². The summed E-state index contributed by atoms with van der Waals surface area (Å²) in [5.74, 6) is -3.53. The summed E-state index contributed by atoms with van der Waals surface area (Å²) in [4.78, 5) is 68.3. The van der Waals surface area contributed by atoms with Crippen LogP contribution in [0.4, 0.5) is 11.4 Å². The average molecular weight is 645 g/mol. The first-order valence-corrected chi connectivity index (χ1v) is 14.2. The fraction of sp³-hybridized carbons (Fsp3) is 0.182. The third-order valence-corrected chi connectivity index (χ3v) is 7.23. The zero-order valence-corrected chi connectivity index (χ0v) is 25.1. The van der Waals surface area contributed by atoms with Crippen molar-refractivity contribution in [2.24, 2.45) is 0 Å². The van der Waals surface area contributed by atoms with Crippen molar-refractivity contribution in [3.8, 4) is 11.5 Å². The molecule has 0 heterocycles. The molecule has 4 rings (SSSR count). The normalized spacial score (nSPS) is 10.7. The highest BCUT2D eigenvalue weighted by molar-refractivity contribution is 6.06. The molecule has 0 saturated heterocycles. The summed E-state index contributed by atoms with van der Waals surface area (Å²) in [5, 5.41) is 41.8. The van der Waals surface area contributed by atoms with Gasteiger partial charge in [-0.1, -0.05) is 50.2 Å². The van der Waals surface area contributed by atoms with Gasteiger partial charge in [0.05, 0.1) is 26.5 Å². The van der Waals surface area contributed by atoms with E-state index in [9.17, 15) is 44.8 Å². The molecule has 0 unspecified atom stereocenters. The fourth-order valence-electron chi connectivity index (χ4n) is 4.94. The molecule has 242 valence electrons. The summed E-state index contributed by atoms with van der Waals surface area (Å²) in [5.41, 5.74) is 0.418. The van der Waals surface area contributed by atoms with Crippen molar-refractivity contribution in [3.63, 3.8) is 0 Å². The highest BCUT2D eigenvalue weighted by Gasteiger charge is 2.29. The molecule has 0 aromatic heterocycles. The molecule has 47 heavy (non-hydrogen) atoms. The SMILES string of the molecule is CCc1cc(Cc2ccc(OC(=O)c3c(C(=O)O)cccc3[N+](=O)[O-])c(CC)c2)ccc1OOCc1c(C(=O)O)cccc1[N+](=O)[O-]. The highest BCUT2D eigenvalue weighted by atomic mass is 17.2. The maximum Gasteiger partial charge on any atom is 0.351 e. The van der Waals surface area contributed by atoms with Gasteiger partial charge in [-0.3, -0.25) is 20.2 Å². The molecule has 4 aromatic rings. The molecule has 0 radical (unpaired) electrons. The van der Waals surface area contributed by atoms with E-state index in [0.717, 1.165) is 28.8 Å². The number of nitro benzene ring substituents is 2. The van der Waals surface area contributed by atoms with Crippen LogP contribution in [0.1, 0.15) is 72.7 Å². The number of carboxylic acid groups (broad SMARTS) is 2. The number of carbonyl (C=O) groups is 3. The number of carbonyl (C=O) groups excluding carboxylic acids is 1. The summed E-state index contributed by atoms with van der Waals surface area (Å²) in [6, 6.07) is 17.4. The number of carboxylic acids is 2. The van der Waals surface area contributed by atoms with E-state index in [2.05, 4.69) is 0 Å². The van der Waals surface area contributed by atoms with Crippen molar-refractivity contribution in [1.82, 2.24) is 0 Å².